The average Bonchev–Trinajstić information content (AvgIpc) is 2.89. The second-order valence-corrected chi connectivity index (χ2v) is 6.22. The van der Waals surface area contributed by atoms with Crippen LogP contribution in [0.25, 0.3) is 0 Å². The molecule has 2 rings (SSSR count). The molecule has 1 amide bonds. The lowest BCUT2D eigenvalue weighted by atomic mass is 10.1. The highest BCUT2D eigenvalue weighted by molar-refractivity contribution is 7.18. The number of halogens is 2. The standard InChI is InChI=1S/C16H13ClFNO5S/c1-7-10(15(21)23-2)14(25-12(7)16(22)24-3)19-13(20)11-8(17)5-4-6-9(11)18/h4-6H,1-3H3,(H,19,20). The molecule has 9 heteroatoms. The molecule has 0 saturated heterocycles. The number of hydrogen-bond acceptors (Lipinski definition) is 6. The van der Waals surface area contributed by atoms with Crippen molar-refractivity contribution in [3.8, 4) is 0 Å². The van der Waals surface area contributed by atoms with Crippen LogP contribution in [-0.4, -0.2) is 32.1 Å². The van der Waals surface area contributed by atoms with E-state index in [0.717, 1.165) is 24.5 Å². The minimum Gasteiger partial charge on any atom is -0.465 e. The number of carbonyl (C=O) groups excluding carboxylic acids is 3. The molecule has 1 aromatic carbocycles. The Morgan fingerprint density at radius 2 is 1.76 bits per heavy atom. The SMILES string of the molecule is COC(=O)c1sc(NC(=O)c2c(F)cccc2Cl)c(C(=O)OC)c1C. The molecule has 0 spiro atoms. The molecular weight excluding hydrogens is 373 g/mol. The lowest BCUT2D eigenvalue weighted by Crippen LogP contribution is -2.16. The number of benzene rings is 1. The summed E-state index contributed by atoms with van der Waals surface area (Å²) in [7, 11) is 2.35. The Balaban J connectivity index is 2.50. The smallest absolute Gasteiger partial charge is 0.348 e. The van der Waals surface area contributed by atoms with Gasteiger partial charge in [0.1, 0.15) is 15.7 Å². The minimum absolute atomic E-state index is 0.00582. The molecular formula is C16H13ClFNO5S. The number of hydrogen-bond donors (Lipinski definition) is 1. The van der Waals surface area contributed by atoms with Crippen LogP contribution in [0.1, 0.15) is 36.0 Å². The first-order chi connectivity index (χ1) is 11.8. The molecule has 0 saturated carbocycles. The number of nitrogens with one attached hydrogen (secondary N) is 1. The highest BCUT2D eigenvalue weighted by Gasteiger charge is 2.28. The van der Waals surface area contributed by atoms with Crippen molar-refractivity contribution in [2.75, 3.05) is 19.5 Å². The first-order valence-corrected chi connectivity index (χ1v) is 8.06. The quantitative estimate of drug-likeness (QED) is 0.812. The Hall–Kier alpha value is -2.45. The summed E-state index contributed by atoms with van der Waals surface area (Å²) in [6, 6.07) is 3.81. The molecule has 6 nitrogen and oxygen atoms in total. The van der Waals surface area contributed by atoms with E-state index in [1.165, 1.54) is 26.2 Å². The maximum Gasteiger partial charge on any atom is 0.348 e. The third-order valence-corrected chi connectivity index (χ3v) is 4.83. The van der Waals surface area contributed by atoms with Gasteiger partial charge in [-0.2, -0.15) is 0 Å². The largest absolute Gasteiger partial charge is 0.465 e. The van der Waals surface area contributed by atoms with E-state index in [1.54, 1.807) is 0 Å². The van der Waals surface area contributed by atoms with E-state index in [0.29, 0.717) is 5.56 Å². The highest BCUT2D eigenvalue weighted by atomic mass is 35.5. The summed E-state index contributed by atoms with van der Waals surface area (Å²) in [4.78, 5) is 36.3. The van der Waals surface area contributed by atoms with Crippen LogP contribution in [-0.2, 0) is 9.47 Å². The summed E-state index contributed by atoms with van der Waals surface area (Å²) in [6.45, 7) is 1.51. The van der Waals surface area contributed by atoms with Crippen LogP contribution in [0.4, 0.5) is 9.39 Å². The number of ether oxygens (including phenoxy) is 2. The number of esters is 2. The Morgan fingerprint density at radius 1 is 1.12 bits per heavy atom. The number of anilines is 1. The lowest BCUT2D eigenvalue weighted by Gasteiger charge is -2.08. The van der Waals surface area contributed by atoms with Gasteiger partial charge in [-0.05, 0) is 24.6 Å². The van der Waals surface area contributed by atoms with Gasteiger partial charge in [0.05, 0.1) is 30.4 Å². The van der Waals surface area contributed by atoms with E-state index >= 15 is 0 Å². The van der Waals surface area contributed by atoms with Gasteiger partial charge in [-0.25, -0.2) is 14.0 Å². The van der Waals surface area contributed by atoms with E-state index in [4.69, 9.17) is 11.6 Å². The summed E-state index contributed by atoms with van der Waals surface area (Å²) in [6.07, 6.45) is 0. The van der Waals surface area contributed by atoms with Crippen molar-refractivity contribution in [1.29, 1.82) is 0 Å². The zero-order valence-corrected chi connectivity index (χ0v) is 15.0. The second kappa shape index (κ2) is 7.62. The summed E-state index contributed by atoms with van der Waals surface area (Å²) in [5, 5.41) is 2.36. The zero-order chi connectivity index (χ0) is 18.7. The molecule has 1 heterocycles. The molecule has 0 fully saturated rings. The molecule has 132 valence electrons. The van der Waals surface area contributed by atoms with Gasteiger partial charge in [-0.1, -0.05) is 17.7 Å². The van der Waals surface area contributed by atoms with Crippen LogP contribution < -0.4 is 5.32 Å². The molecule has 1 N–H and O–H groups in total. The molecule has 0 aliphatic carbocycles. The van der Waals surface area contributed by atoms with Crippen LogP contribution in [0.5, 0.6) is 0 Å². The Morgan fingerprint density at radius 3 is 2.32 bits per heavy atom. The van der Waals surface area contributed by atoms with E-state index in [1.807, 2.05) is 0 Å². The molecule has 0 aliphatic heterocycles. The second-order valence-electron chi connectivity index (χ2n) is 4.79. The third-order valence-electron chi connectivity index (χ3n) is 3.32. The molecule has 0 aliphatic rings. The van der Waals surface area contributed by atoms with Crippen LogP contribution in [0.15, 0.2) is 18.2 Å². The lowest BCUT2D eigenvalue weighted by molar-refractivity contribution is 0.0601. The van der Waals surface area contributed by atoms with Gasteiger partial charge in [0.15, 0.2) is 0 Å². The van der Waals surface area contributed by atoms with Crippen LogP contribution >= 0.6 is 22.9 Å². The number of amides is 1. The predicted molar refractivity (Wildman–Crippen MR) is 91.1 cm³/mol. The van der Waals surface area contributed by atoms with Gasteiger partial charge in [-0.3, -0.25) is 4.79 Å². The zero-order valence-electron chi connectivity index (χ0n) is 13.4. The van der Waals surface area contributed by atoms with E-state index in [2.05, 4.69) is 14.8 Å². The van der Waals surface area contributed by atoms with E-state index in [-0.39, 0.29) is 26.0 Å². The minimum atomic E-state index is -0.856. The van der Waals surface area contributed by atoms with Gasteiger partial charge in [0, 0.05) is 0 Å². The van der Waals surface area contributed by atoms with Crippen LogP contribution in [0, 0.1) is 12.7 Å². The van der Waals surface area contributed by atoms with Crippen LogP contribution in [0.2, 0.25) is 5.02 Å². The maximum absolute atomic E-state index is 13.9. The molecule has 1 aromatic heterocycles. The van der Waals surface area contributed by atoms with Crippen molar-refractivity contribution < 1.29 is 28.2 Å². The van der Waals surface area contributed by atoms with Crippen molar-refractivity contribution >= 4 is 45.8 Å². The monoisotopic (exact) mass is 385 g/mol. The van der Waals surface area contributed by atoms with Crippen molar-refractivity contribution in [2.24, 2.45) is 0 Å². The predicted octanol–water partition coefficient (Wildman–Crippen LogP) is 3.67. The number of carbonyl (C=O) groups is 3. The molecule has 0 radical (unpaired) electrons. The summed E-state index contributed by atoms with van der Waals surface area (Å²) >= 11 is 6.69. The Labute approximate surface area is 151 Å². The van der Waals surface area contributed by atoms with Gasteiger partial charge >= 0.3 is 11.9 Å². The third kappa shape index (κ3) is 3.64. The van der Waals surface area contributed by atoms with Gasteiger partial charge in [-0.15, -0.1) is 11.3 Å². The molecule has 25 heavy (non-hydrogen) atoms. The van der Waals surface area contributed by atoms with E-state index in [9.17, 15) is 18.8 Å². The maximum atomic E-state index is 13.9. The van der Waals surface area contributed by atoms with Gasteiger partial charge < -0.3 is 14.8 Å². The normalized spacial score (nSPS) is 10.3. The van der Waals surface area contributed by atoms with E-state index < -0.39 is 23.7 Å². The van der Waals surface area contributed by atoms with Crippen molar-refractivity contribution in [2.45, 2.75) is 6.92 Å². The number of rotatable bonds is 4. The van der Waals surface area contributed by atoms with Crippen LogP contribution in [0.3, 0.4) is 0 Å². The molecule has 2 aromatic rings. The average molecular weight is 386 g/mol. The molecule has 0 unspecified atom stereocenters. The highest BCUT2D eigenvalue weighted by Crippen LogP contribution is 2.35. The first kappa shape index (κ1) is 18.9. The molecule has 0 bridgehead atoms. The topological polar surface area (TPSA) is 81.7 Å². The first-order valence-electron chi connectivity index (χ1n) is 6.87. The fourth-order valence-corrected chi connectivity index (χ4v) is 3.47. The van der Waals surface area contributed by atoms with Crippen molar-refractivity contribution in [3.63, 3.8) is 0 Å². The Kier molecular flexibility index (Phi) is 5.76. The number of methoxy groups -OCH3 is 2. The number of thiophene rings is 1. The summed E-state index contributed by atoms with van der Waals surface area (Å²) in [5.41, 5.74) is -0.0852. The summed E-state index contributed by atoms with van der Waals surface area (Å²) in [5.74, 6) is -3.09. The van der Waals surface area contributed by atoms with Gasteiger partial charge in [0.25, 0.3) is 5.91 Å². The molecule has 0 atom stereocenters. The summed E-state index contributed by atoms with van der Waals surface area (Å²) < 4.78 is 23.2. The fourth-order valence-electron chi connectivity index (χ4n) is 2.12. The van der Waals surface area contributed by atoms with Gasteiger partial charge in [0.2, 0.25) is 0 Å². The van der Waals surface area contributed by atoms with Crippen molar-refractivity contribution in [3.05, 3.63) is 50.6 Å². The van der Waals surface area contributed by atoms with Crippen molar-refractivity contribution in [1.82, 2.24) is 0 Å². The fraction of sp³-hybridized carbons (Fsp3) is 0.188. The Bertz CT molecular complexity index is 844.